The van der Waals surface area contributed by atoms with Crippen molar-refractivity contribution < 1.29 is 18.3 Å². The molecule has 0 atom stereocenters. The zero-order valence-corrected chi connectivity index (χ0v) is 10.6. The fourth-order valence-corrected chi connectivity index (χ4v) is 2.74. The SMILES string of the molecule is N#Cc1cc(C(F)(F)F)ccc1N1CC(O)(C2CC2)C1. The molecular formula is C14H13F3N2O. The Morgan fingerprint density at radius 2 is 1.95 bits per heavy atom. The third-order valence-electron chi connectivity index (χ3n) is 4.05. The third-order valence-corrected chi connectivity index (χ3v) is 4.05. The zero-order valence-electron chi connectivity index (χ0n) is 10.6. The normalized spacial score (nSPS) is 21.2. The summed E-state index contributed by atoms with van der Waals surface area (Å²) in [5.41, 5.74) is -1.09. The molecule has 1 heterocycles. The summed E-state index contributed by atoms with van der Waals surface area (Å²) in [5, 5.41) is 19.2. The highest BCUT2D eigenvalue weighted by atomic mass is 19.4. The Kier molecular flexibility index (Phi) is 2.73. The highest BCUT2D eigenvalue weighted by Crippen LogP contribution is 2.46. The first-order chi connectivity index (χ1) is 9.33. The Morgan fingerprint density at radius 3 is 2.45 bits per heavy atom. The second-order valence-corrected chi connectivity index (χ2v) is 5.58. The molecular weight excluding hydrogens is 269 g/mol. The summed E-state index contributed by atoms with van der Waals surface area (Å²) < 4.78 is 37.8. The molecule has 0 amide bonds. The predicted molar refractivity (Wildman–Crippen MR) is 66.0 cm³/mol. The van der Waals surface area contributed by atoms with Crippen molar-refractivity contribution in [3.05, 3.63) is 29.3 Å². The van der Waals surface area contributed by atoms with Crippen molar-refractivity contribution in [2.75, 3.05) is 18.0 Å². The maximum absolute atomic E-state index is 12.6. The van der Waals surface area contributed by atoms with E-state index in [4.69, 9.17) is 5.26 Å². The summed E-state index contributed by atoms with van der Waals surface area (Å²) in [7, 11) is 0. The van der Waals surface area contributed by atoms with Crippen molar-refractivity contribution in [3.8, 4) is 6.07 Å². The molecule has 3 nitrogen and oxygen atoms in total. The van der Waals surface area contributed by atoms with Gasteiger partial charge in [0.05, 0.1) is 16.8 Å². The van der Waals surface area contributed by atoms with E-state index in [9.17, 15) is 18.3 Å². The van der Waals surface area contributed by atoms with Crippen LogP contribution < -0.4 is 4.90 Å². The van der Waals surface area contributed by atoms with E-state index in [0.717, 1.165) is 25.0 Å². The summed E-state index contributed by atoms with van der Waals surface area (Å²) in [6.07, 6.45) is -2.45. The van der Waals surface area contributed by atoms with Gasteiger partial charge in [-0.2, -0.15) is 18.4 Å². The van der Waals surface area contributed by atoms with Crippen molar-refractivity contribution in [2.45, 2.75) is 24.6 Å². The minimum Gasteiger partial charge on any atom is -0.386 e. The van der Waals surface area contributed by atoms with Crippen LogP contribution in [0.4, 0.5) is 18.9 Å². The van der Waals surface area contributed by atoms with Crippen LogP contribution in [0, 0.1) is 17.2 Å². The molecule has 106 valence electrons. The van der Waals surface area contributed by atoms with Crippen LogP contribution >= 0.6 is 0 Å². The van der Waals surface area contributed by atoms with Gasteiger partial charge in [0.2, 0.25) is 0 Å². The van der Waals surface area contributed by atoms with Crippen LogP contribution in [0.3, 0.4) is 0 Å². The van der Waals surface area contributed by atoms with Gasteiger partial charge in [0, 0.05) is 13.1 Å². The highest BCUT2D eigenvalue weighted by molar-refractivity contribution is 5.63. The van der Waals surface area contributed by atoms with Gasteiger partial charge in [-0.15, -0.1) is 0 Å². The number of aliphatic hydroxyl groups is 1. The van der Waals surface area contributed by atoms with E-state index in [1.54, 1.807) is 11.0 Å². The molecule has 1 aromatic carbocycles. The molecule has 0 spiro atoms. The smallest absolute Gasteiger partial charge is 0.386 e. The molecule has 0 bridgehead atoms. The van der Waals surface area contributed by atoms with Gasteiger partial charge < -0.3 is 10.0 Å². The number of β-amino-alcohol motifs (C(OH)–C–C–N with tert-alkyl or cyclic N) is 1. The Labute approximate surface area is 114 Å². The molecule has 0 aromatic heterocycles. The summed E-state index contributed by atoms with van der Waals surface area (Å²) in [6.45, 7) is 0.773. The predicted octanol–water partition coefficient (Wildman–Crippen LogP) is 2.54. The molecule has 2 aliphatic rings. The number of hydrogen-bond acceptors (Lipinski definition) is 3. The summed E-state index contributed by atoms with van der Waals surface area (Å²) in [5.74, 6) is 0.304. The molecule has 0 radical (unpaired) electrons. The topological polar surface area (TPSA) is 47.3 Å². The van der Waals surface area contributed by atoms with E-state index in [1.165, 1.54) is 6.07 Å². The largest absolute Gasteiger partial charge is 0.416 e. The van der Waals surface area contributed by atoms with Crippen LogP contribution in [0.25, 0.3) is 0 Å². The van der Waals surface area contributed by atoms with E-state index in [2.05, 4.69) is 0 Å². The van der Waals surface area contributed by atoms with Crippen molar-refractivity contribution in [1.29, 1.82) is 5.26 Å². The lowest BCUT2D eigenvalue weighted by atomic mass is 9.87. The number of benzene rings is 1. The molecule has 1 aromatic rings. The Balaban J connectivity index is 1.83. The second-order valence-electron chi connectivity index (χ2n) is 5.58. The van der Waals surface area contributed by atoms with Crippen LogP contribution in [0.5, 0.6) is 0 Å². The molecule has 1 N–H and O–H groups in total. The van der Waals surface area contributed by atoms with Crippen LogP contribution in [0.2, 0.25) is 0 Å². The first-order valence-electron chi connectivity index (χ1n) is 6.42. The molecule has 1 saturated heterocycles. The number of nitriles is 1. The average molecular weight is 282 g/mol. The molecule has 1 aliphatic heterocycles. The van der Waals surface area contributed by atoms with Gasteiger partial charge in [-0.3, -0.25) is 0 Å². The molecule has 20 heavy (non-hydrogen) atoms. The standard InChI is InChI=1S/C14H13F3N2O/c15-14(16,17)11-3-4-12(9(5-11)6-18)19-7-13(20,8-19)10-1-2-10/h3-5,10,20H,1-2,7-8H2. The fraction of sp³-hybridized carbons (Fsp3) is 0.500. The van der Waals surface area contributed by atoms with E-state index in [1.807, 2.05) is 0 Å². The van der Waals surface area contributed by atoms with Crippen molar-refractivity contribution >= 4 is 5.69 Å². The minimum atomic E-state index is -4.45. The Morgan fingerprint density at radius 1 is 1.30 bits per heavy atom. The maximum atomic E-state index is 12.6. The monoisotopic (exact) mass is 282 g/mol. The number of alkyl halides is 3. The highest BCUT2D eigenvalue weighted by Gasteiger charge is 2.52. The fourth-order valence-electron chi connectivity index (χ4n) is 2.74. The minimum absolute atomic E-state index is 0.00216. The second kappa shape index (κ2) is 4.13. The average Bonchev–Trinajstić information content (AvgIpc) is 3.17. The molecule has 1 saturated carbocycles. The number of nitrogens with zero attached hydrogens (tertiary/aromatic N) is 2. The lowest BCUT2D eigenvalue weighted by molar-refractivity contribution is -0.137. The van der Waals surface area contributed by atoms with E-state index < -0.39 is 17.3 Å². The van der Waals surface area contributed by atoms with Gasteiger partial charge in [-0.1, -0.05) is 0 Å². The van der Waals surface area contributed by atoms with Crippen molar-refractivity contribution in [3.63, 3.8) is 0 Å². The number of rotatable bonds is 2. The number of halogens is 3. The van der Waals surface area contributed by atoms with Crippen molar-refractivity contribution in [2.24, 2.45) is 5.92 Å². The first kappa shape index (κ1) is 13.3. The molecule has 0 unspecified atom stereocenters. The van der Waals surface area contributed by atoms with Crippen LogP contribution in [-0.2, 0) is 6.18 Å². The lowest BCUT2D eigenvalue weighted by Gasteiger charge is -2.48. The third kappa shape index (κ3) is 2.12. The lowest BCUT2D eigenvalue weighted by Crippen LogP contribution is -2.63. The molecule has 3 rings (SSSR count). The van der Waals surface area contributed by atoms with Crippen LogP contribution in [0.1, 0.15) is 24.0 Å². The van der Waals surface area contributed by atoms with Crippen LogP contribution in [-0.4, -0.2) is 23.8 Å². The number of anilines is 1. The van der Waals surface area contributed by atoms with E-state index in [-0.39, 0.29) is 5.56 Å². The van der Waals surface area contributed by atoms with Gasteiger partial charge in [0.1, 0.15) is 11.7 Å². The van der Waals surface area contributed by atoms with Gasteiger partial charge in [0.15, 0.2) is 0 Å². The van der Waals surface area contributed by atoms with E-state index >= 15 is 0 Å². The van der Waals surface area contributed by atoms with E-state index in [0.29, 0.717) is 24.7 Å². The molecule has 2 fully saturated rings. The first-order valence-corrected chi connectivity index (χ1v) is 6.42. The molecule has 6 heteroatoms. The Bertz CT molecular complexity index is 581. The van der Waals surface area contributed by atoms with Gasteiger partial charge in [-0.05, 0) is 37.0 Å². The summed E-state index contributed by atoms with van der Waals surface area (Å²) in [4.78, 5) is 1.76. The van der Waals surface area contributed by atoms with Gasteiger partial charge in [-0.25, -0.2) is 0 Å². The Hall–Kier alpha value is -1.74. The quantitative estimate of drug-likeness (QED) is 0.906. The van der Waals surface area contributed by atoms with Gasteiger partial charge >= 0.3 is 6.18 Å². The zero-order chi connectivity index (χ0) is 14.5. The van der Waals surface area contributed by atoms with Gasteiger partial charge in [0.25, 0.3) is 0 Å². The summed E-state index contributed by atoms with van der Waals surface area (Å²) in [6, 6.07) is 4.96. The number of hydrogen-bond donors (Lipinski definition) is 1. The summed E-state index contributed by atoms with van der Waals surface area (Å²) >= 11 is 0. The van der Waals surface area contributed by atoms with Crippen LogP contribution in [0.15, 0.2) is 18.2 Å². The van der Waals surface area contributed by atoms with Crippen molar-refractivity contribution in [1.82, 2.24) is 0 Å². The molecule has 1 aliphatic carbocycles. The maximum Gasteiger partial charge on any atom is 0.416 e.